The Hall–Kier alpha value is -3.22. The molecule has 27 heavy (non-hydrogen) atoms. The van der Waals surface area contributed by atoms with E-state index in [-0.39, 0.29) is 12.5 Å². The Kier molecular flexibility index (Phi) is 5.80. The van der Waals surface area contributed by atoms with Crippen LogP contribution in [0.25, 0.3) is 0 Å². The fourth-order valence-electron chi connectivity index (χ4n) is 2.60. The van der Waals surface area contributed by atoms with Gasteiger partial charge in [-0.05, 0) is 42.0 Å². The van der Waals surface area contributed by atoms with Gasteiger partial charge in [-0.2, -0.15) is 0 Å². The van der Waals surface area contributed by atoms with Gasteiger partial charge in [0.2, 0.25) is 0 Å². The zero-order valence-electron chi connectivity index (χ0n) is 15.3. The van der Waals surface area contributed by atoms with Crippen molar-refractivity contribution in [3.63, 3.8) is 0 Å². The minimum absolute atomic E-state index is 0.299. The molecule has 0 spiro atoms. The first-order valence-electron chi connectivity index (χ1n) is 8.50. The van der Waals surface area contributed by atoms with Gasteiger partial charge in [-0.1, -0.05) is 6.07 Å². The summed E-state index contributed by atoms with van der Waals surface area (Å²) < 4.78 is 21.2. The topological polar surface area (TPSA) is 74.3 Å². The zero-order valence-corrected chi connectivity index (χ0v) is 15.3. The van der Waals surface area contributed by atoms with Gasteiger partial charge in [0.15, 0.2) is 18.1 Å². The van der Waals surface area contributed by atoms with Crippen molar-refractivity contribution in [2.75, 3.05) is 34.0 Å². The number of carbonyl (C=O) groups is 2. The number of likely N-dealkylation sites (N-methyl/N-ethyl adjacent to an activating group) is 1. The van der Waals surface area contributed by atoms with Gasteiger partial charge in [-0.15, -0.1) is 0 Å². The molecular formula is C20H21NO6. The molecule has 0 radical (unpaired) electrons. The van der Waals surface area contributed by atoms with Crippen LogP contribution in [-0.4, -0.2) is 50.8 Å². The molecule has 7 heteroatoms. The molecular weight excluding hydrogens is 350 g/mol. The molecule has 142 valence electrons. The third kappa shape index (κ3) is 4.69. The molecule has 2 aromatic carbocycles. The fraction of sp³-hybridized carbons (Fsp3) is 0.300. The lowest BCUT2D eigenvalue weighted by Crippen LogP contribution is -2.30. The van der Waals surface area contributed by atoms with Crippen molar-refractivity contribution in [1.82, 2.24) is 4.90 Å². The van der Waals surface area contributed by atoms with E-state index in [1.165, 1.54) is 4.90 Å². The van der Waals surface area contributed by atoms with Gasteiger partial charge in [-0.25, -0.2) is 4.79 Å². The Morgan fingerprint density at radius 2 is 1.74 bits per heavy atom. The van der Waals surface area contributed by atoms with Crippen LogP contribution in [0.15, 0.2) is 42.5 Å². The monoisotopic (exact) mass is 371 g/mol. The van der Waals surface area contributed by atoms with Crippen LogP contribution >= 0.6 is 0 Å². The highest BCUT2D eigenvalue weighted by atomic mass is 16.6. The summed E-state index contributed by atoms with van der Waals surface area (Å²) in [5.41, 5.74) is 1.26. The van der Waals surface area contributed by atoms with Crippen molar-refractivity contribution >= 4 is 11.9 Å². The largest absolute Gasteiger partial charge is 0.497 e. The predicted molar refractivity (Wildman–Crippen MR) is 97.2 cm³/mol. The number of esters is 1. The van der Waals surface area contributed by atoms with Crippen molar-refractivity contribution in [3.05, 3.63) is 53.6 Å². The molecule has 0 saturated heterocycles. The van der Waals surface area contributed by atoms with Crippen LogP contribution in [0.5, 0.6) is 17.2 Å². The number of benzene rings is 2. The molecule has 0 atom stereocenters. The number of hydrogen-bond donors (Lipinski definition) is 0. The second-order valence-electron chi connectivity index (χ2n) is 6.03. The van der Waals surface area contributed by atoms with E-state index in [9.17, 15) is 9.59 Å². The third-order valence-corrected chi connectivity index (χ3v) is 4.10. The van der Waals surface area contributed by atoms with Crippen molar-refractivity contribution in [2.24, 2.45) is 0 Å². The lowest BCUT2D eigenvalue weighted by Gasteiger charge is -2.21. The second-order valence-corrected chi connectivity index (χ2v) is 6.03. The molecule has 2 aromatic rings. The quantitative estimate of drug-likeness (QED) is 0.726. The van der Waals surface area contributed by atoms with Crippen LogP contribution in [0.1, 0.15) is 15.9 Å². The molecule has 1 amide bonds. The summed E-state index contributed by atoms with van der Waals surface area (Å²) in [5.74, 6) is 1.16. The van der Waals surface area contributed by atoms with E-state index in [0.717, 1.165) is 5.56 Å². The van der Waals surface area contributed by atoms with Crippen LogP contribution in [0.4, 0.5) is 0 Å². The maximum atomic E-state index is 12.2. The molecule has 0 unspecified atom stereocenters. The van der Waals surface area contributed by atoms with Crippen molar-refractivity contribution in [2.45, 2.75) is 6.54 Å². The first-order chi connectivity index (χ1) is 13.1. The van der Waals surface area contributed by atoms with Gasteiger partial charge in [0, 0.05) is 13.6 Å². The number of carbonyl (C=O) groups excluding carboxylic acids is 2. The van der Waals surface area contributed by atoms with Crippen LogP contribution in [0.2, 0.25) is 0 Å². The molecule has 7 nitrogen and oxygen atoms in total. The summed E-state index contributed by atoms with van der Waals surface area (Å²) in [4.78, 5) is 25.8. The summed E-state index contributed by atoms with van der Waals surface area (Å²) in [5, 5.41) is 0. The van der Waals surface area contributed by atoms with Gasteiger partial charge in [0.1, 0.15) is 19.0 Å². The summed E-state index contributed by atoms with van der Waals surface area (Å²) >= 11 is 0. The predicted octanol–water partition coefficient (Wildman–Crippen LogP) is 2.28. The lowest BCUT2D eigenvalue weighted by molar-refractivity contribution is -0.133. The minimum atomic E-state index is -0.557. The van der Waals surface area contributed by atoms with E-state index >= 15 is 0 Å². The summed E-state index contributed by atoms with van der Waals surface area (Å²) in [6.45, 7) is 1.08. The molecule has 1 heterocycles. The first kappa shape index (κ1) is 18.6. The lowest BCUT2D eigenvalue weighted by atomic mass is 10.2. The molecule has 0 N–H and O–H groups in total. The fourth-order valence-corrected chi connectivity index (χ4v) is 2.60. The summed E-state index contributed by atoms with van der Waals surface area (Å²) in [6.07, 6.45) is 0. The number of rotatable bonds is 6. The van der Waals surface area contributed by atoms with E-state index in [0.29, 0.717) is 42.6 Å². The molecule has 3 rings (SSSR count). The van der Waals surface area contributed by atoms with E-state index in [2.05, 4.69) is 0 Å². The van der Waals surface area contributed by atoms with Crippen LogP contribution in [-0.2, 0) is 16.1 Å². The Labute approximate surface area is 157 Å². The highest BCUT2D eigenvalue weighted by Gasteiger charge is 2.16. The van der Waals surface area contributed by atoms with Crippen molar-refractivity contribution in [1.29, 1.82) is 0 Å². The van der Waals surface area contributed by atoms with Gasteiger partial charge >= 0.3 is 5.97 Å². The van der Waals surface area contributed by atoms with Gasteiger partial charge in [-0.3, -0.25) is 4.79 Å². The smallest absolute Gasteiger partial charge is 0.338 e. The molecule has 0 bridgehead atoms. The summed E-state index contributed by atoms with van der Waals surface area (Å²) in [7, 11) is 3.20. The number of hydrogen-bond acceptors (Lipinski definition) is 6. The Morgan fingerprint density at radius 1 is 1.04 bits per heavy atom. The van der Waals surface area contributed by atoms with Crippen LogP contribution in [0.3, 0.4) is 0 Å². The zero-order chi connectivity index (χ0) is 19.2. The van der Waals surface area contributed by atoms with Crippen LogP contribution < -0.4 is 14.2 Å². The van der Waals surface area contributed by atoms with Gasteiger partial charge in [0.05, 0.1) is 12.7 Å². The number of methoxy groups -OCH3 is 1. The molecule has 1 aliphatic rings. The Balaban J connectivity index is 1.52. The molecule has 0 fully saturated rings. The maximum absolute atomic E-state index is 12.2. The van der Waals surface area contributed by atoms with Crippen molar-refractivity contribution < 1.29 is 28.5 Å². The normalized spacial score (nSPS) is 12.2. The Bertz CT molecular complexity index is 818. The standard InChI is InChI=1S/C20H21NO6/c1-21(12-14-3-8-17-18(11-14)26-10-9-25-17)19(22)13-27-20(23)15-4-6-16(24-2)7-5-15/h3-8,11H,9-10,12-13H2,1-2H3. The highest BCUT2D eigenvalue weighted by Crippen LogP contribution is 2.31. The van der Waals surface area contributed by atoms with E-state index in [1.54, 1.807) is 38.4 Å². The first-order valence-corrected chi connectivity index (χ1v) is 8.50. The molecule has 0 saturated carbocycles. The van der Waals surface area contributed by atoms with E-state index < -0.39 is 5.97 Å². The van der Waals surface area contributed by atoms with Gasteiger partial charge < -0.3 is 23.8 Å². The number of fused-ring (bicyclic) bond motifs is 1. The summed E-state index contributed by atoms with van der Waals surface area (Å²) in [6, 6.07) is 12.0. The van der Waals surface area contributed by atoms with Crippen molar-refractivity contribution in [3.8, 4) is 17.2 Å². The highest BCUT2D eigenvalue weighted by molar-refractivity contribution is 5.91. The second kappa shape index (κ2) is 8.44. The average molecular weight is 371 g/mol. The molecule has 0 aliphatic carbocycles. The third-order valence-electron chi connectivity index (χ3n) is 4.10. The van der Waals surface area contributed by atoms with Crippen LogP contribution in [0, 0.1) is 0 Å². The number of ether oxygens (including phenoxy) is 4. The Morgan fingerprint density at radius 3 is 2.44 bits per heavy atom. The molecule has 1 aliphatic heterocycles. The SMILES string of the molecule is COc1ccc(C(=O)OCC(=O)N(C)Cc2ccc3c(c2)OCCO3)cc1. The van der Waals surface area contributed by atoms with E-state index in [1.807, 2.05) is 18.2 Å². The number of amides is 1. The average Bonchev–Trinajstić information content (AvgIpc) is 2.71. The number of nitrogens with zero attached hydrogens (tertiary/aromatic N) is 1. The minimum Gasteiger partial charge on any atom is -0.497 e. The maximum Gasteiger partial charge on any atom is 0.338 e. The molecule has 0 aromatic heterocycles. The van der Waals surface area contributed by atoms with E-state index in [4.69, 9.17) is 18.9 Å². The van der Waals surface area contributed by atoms with Gasteiger partial charge in [0.25, 0.3) is 5.91 Å².